The van der Waals surface area contributed by atoms with E-state index >= 15 is 0 Å². The molecule has 0 unspecified atom stereocenters. The molecule has 0 radical (unpaired) electrons. The van der Waals surface area contributed by atoms with Crippen molar-refractivity contribution in [3.8, 4) is 0 Å². The van der Waals surface area contributed by atoms with Gasteiger partial charge in [0.15, 0.2) is 0 Å². The Kier molecular flexibility index (Phi) is 5.21. The first kappa shape index (κ1) is 15.7. The molecule has 1 fully saturated rings. The smallest absolute Gasteiger partial charge is 0.409 e. The van der Waals surface area contributed by atoms with Crippen LogP contribution in [0.2, 0.25) is 0 Å². The largest absolute Gasteiger partial charge is 0.450 e. The standard InChI is InChI=1S/C14H17N5O3/c1-2-22-14(21)19-9-7-18(8-10-19)13(20)11-5-3-4-6-12(11)16-17-15/h3-6H,2,7-10H2,1H3. The van der Waals surface area contributed by atoms with Crippen LogP contribution in [0.4, 0.5) is 10.5 Å². The molecule has 116 valence electrons. The molecule has 0 saturated carbocycles. The van der Waals surface area contributed by atoms with Gasteiger partial charge >= 0.3 is 6.09 Å². The van der Waals surface area contributed by atoms with Gasteiger partial charge in [-0.1, -0.05) is 23.3 Å². The monoisotopic (exact) mass is 303 g/mol. The van der Waals surface area contributed by atoms with E-state index < -0.39 is 0 Å². The normalized spacial score (nSPS) is 14.2. The number of ether oxygens (including phenoxy) is 1. The van der Waals surface area contributed by atoms with Crippen LogP contribution in [0, 0.1) is 0 Å². The molecule has 1 aromatic rings. The Morgan fingerprint density at radius 3 is 2.50 bits per heavy atom. The molecular weight excluding hydrogens is 286 g/mol. The molecular formula is C14H17N5O3. The van der Waals surface area contributed by atoms with Gasteiger partial charge in [-0.3, -0.25) is 4.79 Å². The molecule has 1 heterocycles. The molecule has 0 spiro atoms. The molecule has 1 aliphatic heterocycles. The topological polar surface area (TPSA) is 98.6 Å². The van der Waals surface area contributed by atoms with E-state index in [0.717, 1.165) is 0 Å². The highest BCUT2D eigenvalue weighted by molar-refractivity contribution is 5.99. The van der Waals surface area contributed by atoms with E-state index in [1.165, 1.54) is 0 Å². The van der Waals surface area contributed by atoms with Crippen LogP contribution < -0.4 is 0 Å². The molecule has 0 bridgehead atoms. The third-order valence-electron chi connectivity index (χ3n) is 3.38. The van der Waals surface area contributed by atoms with Crippen LogP contribution in [0.15, 0.2) is 29.4 Å². The first-order valence-corrected chi connectivity index (χ1v) is 7.02. The summed E-state index contributed by atoms with van der Waals surface area (Å²) in [5, 5.41) is 3.54. The van der Waals surface area contributed by atoms with E-state index in [9.17, 15) is 9.59 Å². The van der Waals surface area contributed by atoms with E-state index in [-0.39, 0.29) is 12.0 Å². The van der Waals surface area contributed by atoms with Crippen LogP contribution in [0.1, 0.15) is 17.3 Å². The van der Waals surface area contributed by atoms with Crippen LogP contribution in [0.3, 0.4) is 0 Å². The van der Waals surface area contributed by atoms with E-state index in [0.29, 0.717) is 44.0 Å². The minimum absolute atomic E-state index is 0.202. The first-order chi connectivity index (χ1) is 10.7. The predicted octanol–water partition coefficient (Wildman–Crippen LogP) is 2.54. The molecule has 2 amide bonds. The molecule has 1 saturated heterocycles. The second-order valence-corrected chi connectivity index (χ2v) is 4.68. The Bertz CT molecular complexity index is 604. The highest BCUT2D eigenvalue weighted by Crippen LogP contribution is 2.21. The molecule has 1 aromatic carbocycles. The fraction of sp³-hybridized carbons (Fsp3) is 0.429. The van der Waals surface area contributed by atoms with E-state index in [2.05, 4.69) is 10.0 Å². The predicted molar refractivity (Wildman–Crippen MR) is 79.7 cm³/mol. The van der Waals surface area contributed by atoms with Gasteiger partial charge in [0.05, 0.1) is 12.3 Å². The molecule has 1 aliphatic rings. The van der Waals surface area contributed by atoms with Gasteiger partial charge in [-0.2, -0.15) is 0 Å². The lowest BCUT2D eigenvalue weighted by Crippen LogP contribution is -2.50. The lowest BCUT2D eigenvalue weighted by Gasteiger charge is -2.34. The first-order valence-electron chi connectivity index (χ1n) is 7.02. The fourth-order valence-corrected chi connectivity index (χ4v) is 2.27. The van der Waals surface area contributed by atoms with Crippen molar-refractivity contribution in [1.29, 1.82) is 0 Å². The van der Waals surface area contributed by atoms with Gasteiger partial charge in [-0.05, 0) is 18.5 Å². The van der Waals surface area contributed by atoms with E-state index in [4.69, 9.17) is 10.3 Å². The zero-order valence-corrected chi connectivity index (χ0v) is 12.3. The van der Waals surface area contributed by atoms with Gasteiger partial charge in [0.1, 0.15) is 0 Å². The Morgan fingerprint density at radius 1 is 1.23 bits per heavy atom. The van der Waals surface area contributed by atoms with Crippen LogP contribution in [-0.2, 0) is 4.74 Å². The zero-order chi connectivity index (χ0) is 15.9. The Labute approximate surface area is 127 Å². The molecule has 0 N–H and O–H groups in total. The lowest BCUT2D eigenvalue weighted by atomic mass is 10.1. The lowest BCUT2D eigenvalue weighted by molar-refractivity contribution is 0.0571. The third kappa shape index (κ3) is 3.48. The van der Waals surface area contributed by atoms with Gasteiger partial charge < -0.3 is 14.5 Å². The van der Waals surface area contributed by atoms with Crippen molar-refractivity contribution in [2.45, 2.75) is 6.92 Å². The summed E-state index contributed by atoms with van der Waals surface area (Å²) >= 11 is 0. The minimum Gasteiger partial charge on any atom is -0.450 e. The number of piperazine rings is 1. The van der Waals surface area contributed by atoms with E-state index in [1.54, 1.807) is 41.0 Å². The van der Waals surface area contributed by atoms with Crippen molar-refractivity contribution >= 4 is 17.7 Å². The number of carbonyl (C=O) groups excluding carboxylic acids is 2. The number of nitrogens with zero attached hydrogens (tertiary/aromatic N) is 5. The van der Waals surface area contributed by atoms with Crippen LogP contribution >= 0.6 is 0 Å². The summed E-state index contributed by atoms with van der Waals surface area (Å²) in [4.78, 5) is 30.1. The van der Waals surface area contributed by atoms with Crippen LogP contribution in [-0.4, -0.2) is 54.6 Å². The Balaban J connectivity index is 2.04. The third-order valence-corrected chi connectivity index (χ3v) is 3.38. The van der Waals surface area contributed by atoms with Crippen molar-refractivity contribution in [3.63, 3.8) is 0 Å². The number of amides is 2. The number of benzene rings is 1. The van der Waals surface area contributed by atoms with Gasteiger partial charge in [-0.25, -0.2) is 4.79 Å². The summed E-state index contributed by atoms with van der Waals surface area (Å²) in [5.74, 6) is -0.202. The minimum atomic E-state index is -0.357. The van der Waals surface area contributed by atoms with Crippen LogP contribution in [0.25, 0.3) is 10.4 Å². The number of rotatable bonds is 3. The van der Waals surface area contributed by atoms with Crippen molar-refractivity contribution in [3.05, 3.63) is 40.3 Å². The molecule has 0 aromatic heterocycles. The molecule has 2 rings (SSSR count). The number of hydrogen-bond donors (Lipinski definition) is 0. The van der Waals surface area contributed by atoms with Crippen molar-refractivity contribution in [1.82, 2.24) is 9.80 Å². The van der Waals surface area contributed by atoms with Crippen molar-refractivity contribution in [2.24, 2.45) is 5.11 Å². The maximum atomic E-state index is 12.5. The van der Waals surface area contributed by atoms with Crippen molar-refractivity contribution in [2.75, 3.05) is 32.8 Å². The van der Waals surface area contributed by atoms with Gasteiger partial charge in [-0.15, -0.1) is 0 Å². The highest BCUT2D eigenvalue weighted by Gasteiger charge is 2.26. The zero-order valence-electron chi connectivity index (χ0n) is 12.3. The van der Waals surface area contributed by atoms with Gasteiger partial charge in [0.2, 0.25) is 0 Å². The van der Waals surface area contributed by atoms with Gasteiger partial charge in [0, 0.05) is 36.7 Å². The highest BCUT2D eigenvalue weighted by atomic mass is 16.6. The van der Waals surface area contributed by atoms with Gasteiger partial charge in [0.25, 0.3) is 5.91 Å². The second kappa shape index (κ2) is 7.33. The number of carbonyl (C=O) groups is 2. The SMILES string of the molecule is CCOC(=O)N1CCN(C(=O)c2ccccc2N=[N+]=[N-])CC1. The average Bonchev–Trinajstić information content (AvgIpc) is 2.55. The maximum Gasteiger partial charge on any atom is 0.409 e. The molecule has 0 aliphatic carbocycles. The average molecular weight is 303 g/mol. The molecule has 0 atom stereocenters. The van der Waals surface area contributed by atoms with Crippen molar-refractivity contribution < 1.29 is 14.3 Å². The summed E-state index contributed by atoms with van der Waals surface area (Å²) in [6, 6.07) is 6.66. The molecule has 8 heteroatoms. The summed E-state index contributed by atoms with van der Waals surface area (Å²) in [6.07, 6.45) is -0.357. The quantitative estimate of drug-likeness (QED) is 0.487. The molecule has 22 heavy (non-hydrogen) atoms. The summed E-state index contributed by atoms with van der Waals surface area (Å²) < 4.78 is 4.94. The number of hydrogen-bond acceptors (Lipinski definition) is 4. The second-order valence-electron chi connectivity index (χ2n) is 4.68. The number of azide groups is 1. The summed E-state index contributed by atoms with van der Waals surface area (Å²) in [6.45, 7) is 3.77. The molecule has 8 nitrogen and oxygen atoms in total. The Hall–Kier alpha value is -2.73. The Morgan fingerprint density at radius 2 is 1.86 bits per heavy atom. The van der Waals surface area contributed by atoms with E-state index in [1.807, 2.05) is 0 Å². The van der Waals surface area contributed by atoms with Crippen LogP contribution in [0.5, 0.6) is 0 Å². The summed E-state index contributed by atoms with van der Waals surface area (Å²) in [7, 11) is 0. The fourth-order valence-electron chi connectivity index (χ4n) is 2.27. The summed E-state index contributed by atoms with van der Waals surface area (Å²) in [5.41, 5.74) is 9.23. The maximum absolute atomic E-state index is 12.5.